The molecule has 0 aromatic carbocycles. The molecule has 2 rings (SSSR count). The SMILES string of the molecule is CC1(C)CCC(O)C(CN2CCCC(C)(O)C2)C1. The summed E-state index contributed by atoms with van der Waals surface area (Å²) in [6, 6.07) is 0. The van der Waals surface area contributed by atoms with Crippen molar-refractivity contribution in [1.82, 2.24) is 4.90 Å². The van der Waals surface area contributed by atoms with Gasteiger partial charge in [0.15, 0.2) is 0 Å². The summed E-state index contributed by atoms with van der Waals surface area (Å²) >= 11 is 0. The summed E-state index contributed by atoms with van der Waals surface area (Å²) in [7, 11) is 0. The number of aliphatic hydroxyl groups excluding tert-OH is 1. The lowest BCUT2D eigenvalue weighted by Crippen LogP contribution is -2.50. The second-order valence-electron chi connectivity index (χ2n) is 7.57. The first-order chi connectivity index (χ1) is 8.27. The van der Waals surface area contributed by atoms with Gasteiger partial charge >= 0.3 is 0 Å². The second kappa shape index (κ2) is 5.10. The number of aliphatic hydroxyl groups is 2. The molecule has 0 amide bonds. The number of rotatable bonds is 2. The highest BCUT2D eigenvalue weighted by molar-refractivity contribution is 4.89. The van der Waals surface area contributed by atoms with Gasteiger partial charge in [-0.1, -0.05) is 13.8 Å². The molecule has 0 bridgehead atoms. The topological polar surface area (TPSA) is 43.7 Å². The predicted octanol–water partition coefficient (Wildman–Crippen LogP) is 2.02. The zero-order valence-electron chi connectivity index (χ0n) is 12.2. The van der Waals surface area contributed by atoms with Gasteiger partial charge in [0.25, 0.3) is 0 Å². The van der Waals surface area contributed by atoms with Gasteiger partial charge < -0.3 is 15.1 Å². The van der Waals surface area contributed by atoms with Crippen molar-refractivity contribution in [3.63, 3.8) is 0 Å². The van der Waals surface area contributed by atoms with E-state index < -0.39 is 5.60 Å². The van der Waals surface area contributed by atoms with E-state index >= 15 is 0 Å². The van der Waals surface area contributed by atoms with Crippen molar-refractivity contribution in [3.8, 4) is 0 Å². The Morgan fingerprint density at radius 1 is 1.22 bits per heavy atom. The van der Waals surface area contributed by atoms with Crippen LogP contribution in [0.15, 0.2) is 0 Å². The highest BCUT2D eigenvalue weighted by atomic mass is 16.3. The quantitative estimate of drug-likeness (QED) is 0.793. The summed E-state index contributed by atoms with van der Waals surface area (Å²) in [5, 5.41) is 20.3. The van der Waals surface area contributed by atoms with Gasteiger partial charge in [0, 0.05) is 13.1 Å². The Morgan fingerprint density at radius 2 is 1.94 bits per heavy atom. The molecule has 1 saturated heterocycles. The molecule has 0 spiro atoms. The van der Waals surface area contributed by atoms with Crippen LogP contribution < -0.4 is 0 Å². The van der Waals surface area contributed by atoms with E-state index in [0.29, 0.717) is 11.3 Å². The monoisotopic (exact) mass is 255 g/mol. The number of β-amino-alcohol motifs (C(OH)–C–C–N with tert-alkyl or cyclic N) is 1. The number of hydrogen-bond acceptors (Lipinski definition) is 3. The molecule has 18 heavy (non-hydrogen) atoms. The van der Waals surface area contributed by atoms with Crippen LogP contribution in [0.4, 0.5) is 0 Å². The minimum absolute atomic E-state index is 0.148. The summed E-state index contributed by atoms with van der Waals surface area (Å²) in [5.74, 6) is 0.377. The average molecular weight is 255 g/mol. The zero-order chi connectivity index (χ0) is 13.4. The molecular formula is C15H29NO2. The van der Waals surface area contributed by atoms with Crippen LogP contribution in [0.3, 0.4) is 0 Å². The summed E-state index contributed by atoms with van der Waals surface area (Å²) in [4.78, 5) is 2.35. The Labute approximate surface area is 111 Å². The van der Waals surface area contributed by atoms with E-state index in [2.05, 4.69) is 18.7 Å². The van der Waals surface area contributed by atoms with E-state index in [0.717, 1.165) is 51.7 Å². The van der Waals surface area contributed by atoms with Crippen LogP contribution in [0.2, 0.25) is 0 Å². The molecule has 106 valence electrons. The second-order valence-corrected chi connectivity index (χ2v) is 7.57. The summed E-state index contributed by atoms with van der Waals surface area (Å²) in [6.07, 6.45) is 4.99. The van der Waals surface area contributed by atoms with Crippen molar-refractivity contribution in [1.29, 1.82) is 0 Å². The molecule has 1 heterocycles. The molecule has 1 saturated carbocycles. The predicted molar refractivity (Wildman–Crippen MR) is 73.4 cm³/mol. The third kappa shape index (κ3) is 3.69. The molecule has 1 aliphatic heterocycles. The Bertz CT molecular complexity index is 288. The van der Waals surface area contributed by atoms with Crippen LogP contribution in [0, 0.1) is 11.3 Å². The van der Waals surface area contributed by atoms with E-state index in [4.69, 9.17) is 0 Å². The van der Waals surface area contributed by atoms with E-state index in [1.54, 1.807) is 0 Å². The lowest BCUT2D eigenvalue weighted by Gasteiger charge is -2.43. The fraction of sp³-hybridized carbons (Fsp3) is 1.00. The molecule has 0 aromatic rings. The molecule has 2 N–H and O–H groups in total. The smallest absolute Gasteiger partial charge is 0.0746 e. The molecule has 3 atom stereocenters. The van der Waals surface area contributed by atoms with Crippen LogP contribution in [-0.2, 0) is 0 Å². The third-order valence-corrected chi connectivity index (χ3v) is 4.72. The van der Waals surface area contributed by atoms with E-state index in [1.165, 1.54) is 0 Å². The minimum atomic E-state index is -0.534. The number of likely N-dealkylation sites (tertiary alicyclic amines) is 1. The number of nitrogens with zero attached hydrogens (tertiary/aromatic N) is 1. The summed E-state index contributed by atoms with van der Waals surface area (Å²) in [6.45, 7) is 9.31. The van der Waals surface area contributed by atoms with Crippen LogP contribution in [0.5, 0.6) is 0 Å². The third-order valence-electron chi connectivity index (χ3n) is 4.72. The Kier molecular flexibility index (Phi) is 4.05. The van der Waals surface area contributed by atoms with Gasteiger partial charge in [0.2, 0.25) is 0 Å². The van der Waals surface area contributed by atoms with E-state index in [1.807, 2.05) is 6.92 Å². The minimum Gasteiger partial charge on any atom is -0.393 e. The number of hydrogen-bond donors (Lipinski definition) is 2. The molecule has 1 aliphatic carbocycles. The van der Waals surface area contributed by atoms with Crippen molar-refractivity contribution < 1.29 is 10.2 Å². The van der Waals surface area contributed by atoms with Crippen LogP contribution >= 0.6 is 0 Å². The van der Waals surface area contributed by atoms with Crippen molar-refractivity contribution in [2.45, 2.75) is 64.6 Å². The maximum atomic E-state index is 10.2. The van der Waals surface area contributed by atoms with Crippen molar-refractivity contribution in [3.05, 3.63) is 0 Å². The average Bonchev–Trinajstić information content (AvgIpc) is 2.22. The summed E-state index contributed by atoms with van der Waals surface area (Å²) < 4.78 is 0. The van der Waals surface area contributed by atoms with Gasteiger partial charge in [-0.25, -0.2) is 0 Å². The first-order valence-corrected chi connectivity index (χ1v) is 7.40. The standard InChI is InChI=1S/C15H29NO2/c1-14(2)7-5-13(17)12(9-14)10-16-8-4-6-15(3,18)11-16/h12-13,17-18H,4-11H2,1-3H3. The maximum Gasteiger partial charge on any atom is 0.0746 e. The normalized spacial score (nSPS) is 41.8. The van der Waals surface area contributed by atoms with E-state index in [-0.39, 0.29) is 6.10 Å². The molecule has 2 aliphatic rings. The Morgan fingerprint density at radius 3 is 2.61 bits per heavy atom. The lowest BCUT2D eigenvalue weighted by molar-refractivity contribution is -0.0432. The molecule has 0 radical (unpaired) electrons. The van der Waals surface area contributed by atoms with Gasteiger partial charge in [-0.05, 0) is 56.9 Å². The van der Waals surface area contributed by atoms with Gasteiger partial charge in [-0.2, -0.15) is 0 Å². The molecule has 0 aromatic heterocycles. The Hall–Kier alpha value is -0.120. The molecule has 3 heteroatoms. The molecule has 3 nitrogen and oxygen atoms in total. The molecular weight excluding hydrogens is 226 g/mol. The van der Waals surface area contributed by atoms with Crippen LogP contribution in [0.25, 0.3) is 0 Å². The highest BCUT2D eigenvalue weighted by Crippen LogP contribution is 2.39. The van der Waals surface area contributed by atoms with Crippen molar-refractivity contribution in [2.75, 3.05) is 19.6 Å². The zero-order valence-corrected chi connectivity index (χ0v) is 12.2. The fourth-order valence-electron chi connectivity index (χ4n) is 3.72. The van der Waals surface area contributed by atoms with Crippen molar-refractivity contribution in [2.24, 2.45) is 11.3 Å². The first kappa shape index (κ1) is 14.3. The van der Waals surface area contributed by atoms with Gasteiger partial charge in [-0.15, -0.1) is 0 Å². The molecule has 2 fully saturated rings. The van der Waals surface area contributed by atoms with Gasteiger partial charge in [0.05, 0.1) is 11.7 Å². The van der Waals surface area contributed by atoms with Gasteiger partial charge in [0.1, 0.15) is 0 Å². The highest BCUT2D eigenvalue weighted by Gasteiger charge is 2.36. The Balaban J connectivity index is 1.91. The van der Waals surface area contributed by atoms with Crippen molar-refractivity contribution >= 4 is 0 Å². The van der Waals surface area contributed by atoms with E-state index in [9.17, 15) is 10.2 Å². The van der Waals surface area contributed by atoms with Crippen LogP contribution in [-0.4, -0.2) is 46.5 Å². The number of piperidine rings is 1. The first-order valence-electron chi connectivity index (χ1n) is 7.40. The summed E-state index contributed by atoms with van der Waals surface area (Å²) in [5.41, 5.74) is -0.171. The van der Waals surface area contributed by atoms with Gasteiger partial charge in [-0.3, -0.25) is 0 Å². The lowest BCUT2D eigenvalue weighted by atomic mass is 9.70. The molecule has 3 unspecified atom stereocenters. The fourth-order valence-corrected chi connectivity index (χ4v) is 3.72. The van der Waals surface area contributed by atoms with Crippen LogP contribution in [0.1, 0.15) is 52.9 Å². The maximum absolute atomic E-state index is 10.2. The largest absolute Gasteiger partial charge is 0.393 e.